The highest BCUT2D eigenvalue weighted by Crippen LogP contribution is 2.29. The van der Waals surface area contributed by atoms with Crippen molar-refractivity contribution in [2.24, 2.45) is 0 Å². The van der Waals surface area contributed by atoms with E-state index in [9.17, 15) is 4.39 Å². The summed E-state index contributed by atoms with van der Waals surface area (Å²) in [7, 11) is 1.95. The lowest BCUT2D eigenvalue weighted by Crippen LogP contribution is -2.32. The molecule has 2 heterocycles. The van der Waals surface area contributed by atoms with Crippen LogP contribution in [0.2, 0.25) is 0 Å². The first-order chi connectivity index (χ1) is 5.83. The lowest BCUT2D eigenvalue weighted by atomic mass is 10.1. The first-order valence-electron chi connectivity index (χ1n) is 4.01. The van der Waals surface area contributed by atoms with Gasteiger partial charge in [0.15, 0.2) is 0 Å². The van der Waals surface area contributed by atoms with Crippen molar-refractivity contribution in [2.45, 2.75) is 12.5 Å². The number of likely N-dealkylation sites (N-methyl/N-ethyl adjacent to an activating group) is 1. The van der Waals surface area contributed by atoms with E-state index in [0.29, 0.717) is 0 Å². The van der Waals surface area contributed by atoms with Crippen molar-refractivity contribution in [3.05, 3.63) is 16.1 Å². The summed E-state index contributed by atoms with van der Waals surface area (Å²) in [5.74, 6) is 0. The fourth-order valence-corrected chi connectivity index (χ4v) is 2.38. The van der Waals surface area contributed by atoms with Gasteiger partial charge in [-0.05, 0) is 13.5 Å². The smallest absolute Gasteiger partial charge is 0.111 e. The van der Waals surface area contributed by atoms with Gasteiger partial charge in [-0.2, -0.15) is 0 Å². The van der Waals surface area contributed by atoms with Crippen molar-refractivity contribution < 1.29 is 4.39 Å². The number of aromatic nitrogens is 1. The number of hydrogen-bond acceptors (Lipinski definition) is 3. The molecule has 1 unspecified atom stereocenters. The number of alkyl halides is 1. The molecule has 0 saturated heterocycles. The first kappa shape index (κ1) is 8.13. The maximum absolute atomic E-state index is 12.6. The van der Waals surface area contributed by atoms with Gasteiger partial charge in [-0.25, -0.2) is 9.37 Å². The lowest BCUT2D eigenvalue weighted by Gasteiger charge is -2.29. The van der Waals surface area contributed by atoms with Crippen LogP contribution >= 0.6 is 11.3 Å². The molecule has 0 N–H and O–H groups in total. The number of fused-ring (bicyclic) bond motifs is 1. The molecule has 2 rings (SSSR count). The Morgan fingerprint density at radius 1 is 1.83 bits per heavy atom. The Labute approximate surface area is 75.0 Å². The number of nitrogens with zero attached hydrogens (tertiary/aromatic N) is 2. The van der Waals surface area contributed by atoms with E-state index < -0.39 is 0 Å². The van der Waals surface area contributed by atoms with E-state index in [1.54, 1.807) is 11.3 Å². The third-order valence-electron chi connectivity index (χ3n) is 2.36. The van der Waals surface area contributed by atoms with Crippen molar-refractivity contribution in [3.8, 4) is 0 Å². The molecule has 2 nitrogen and oxygen atoms in total. The van der Waals surface area contributed by atoms with Crippen LogP contribution < -0.4 is 0 Å². The summed E-state index contributed by atoms with van der Waals surface area (Å²) in [5.41, 5.74) is 2.77. The Balaban J connectivity index is 2.34. The third kappa shape index (κ3) is 1.15. The maximum Gasteiger partial charge on any atom is 0.111 e. The topological polar surface area (TPSA) is 16.1 Å². The summed E-state index contributed by atoms with van der Waals surface area (Å²) in [6, 6.07) is -0.0972. The molecule has 1 aliphatic heterocycles. The second-order valence-corrected chi connectivity index (χ2v) is 4.00. The molecule has 0 saturated carbocycles. The quantitative estimate of drug-likeness (QED) is 0.663. The molecule has 12 heavy (non-hydrogen) atoms. The second-order valence-electron chi connectivity index (χ2n) is 3.06. The van der Waals surface area contributed by atoms with E-state index in [2.05, 4.69) is 4.98 Å². The fourth-order valence-electron chi connectivity index (χ4n) is 1.57. The Morgan fingerprint density at radius 2 is 2.67 bits per heavy atom. The zero-order valence-electron chi connectivity index (χ0n) is 6.96. The van der Waals surface area contributed by atoms with Crippen LogP contribution in [0.25, 0.3) is 0 Å². The minimum Gasteiger partial charge on any atom is -0.295 e. The largest absolute Gasteiger partial charge is 0.295 e. The average Bonchev–Trinajstić information content (AvgIpc) is 2.52. The van der Waals surface area contributed by atoms with E-state index in [0.717, 1.165) is 18.7 Å². The molecule has 0 aromatic carbocycles. The molecule has 0 fully saturated rings. The Hall–Kier alpha value is -0.480. The maximum atomic E-state index is 12.6. The summed E-state index contributed by atoms with van der Waals surface area (Å²) in [4.78, 5) is 7.49. The molecule has 1 atom stereocenters. The molecule has 0 bridgehead atoms. The fraction of sp³-hybridized carbons (Fsp3) is 0.625. The molecular formula is C8H11FN2S. The average molecular weight is 186 g/mol. The third-order valence-corrected chi connectivity index (χ3v) is 3.27. The van der Waals surface area contributed by atoms with Crippen LogP contribution in [-0.4, -0.2) is 30.2 Å². The van der Waals surface area contributed by atoms with Gasteiger partial charge in [0.1, 0.15) is 6.67 Å². The van der Waals surface area contributed by atoms with Crippen LogP contribution in [0.1, 0.15) is 16.6 Å². The van der Waals surface area contributed by atoms with Crippen molar-refractivity contribution in [2.75, 3.05) is 20.3 Å². The van der Waals surface area contributed by atoms with E-state index in [-0.39, 0.29) is 12.7 Å². The van der Waals surface area contributed by atoms with Crippen LogP contribution in [-0.2, 0) is 6.42 Å². The molecule has 4 heteroatoms. The Bertz CT molecular complexity index is 274. The predicted octanol–water partition coefficient (Wildman–Crippen LogP) is 1.64. The van der Waals surface area contributed by atoms with Gasteiger partial charge in [0.05, 0.1) is 17.2 Å². The van der Waals surface area contributed by atoms with Gasteiger partial charge < -0.3 is 0 Å². The van der Waals surface area contributed by atoms with E-state index >= 15 is 0 Å². The SMILES string of the molecule is CN1CCc2scnc2C1CF. The second kappa shape index (κ2) is 3.11. The molecule has 0 aliphatic carbocycles. The van der Waals surface area contributed by atoms with Gasteiger partial charge in [-0.1, -0.05) is 0 Å². The van der Waals surface area contributed by atoms with Crippen molar-refractivity contribution in [1.29, 1.82) is 0 Å². The normalized spacial score (nSPS) is 24.0. The molecular weight excluding hydrogens is 175 g/mol. The summed E-state index contributed by atoms with van der Waals surface area (Å²) in [6.07, 6.45) is 1.02. The van der Waals surface area contributed by atoms with Gasteiger partial charge >= 0.3 is 0 Å². The molecule has 66 valence electrons. The monoisotopic (exact) mass is 186 g/mol. The van der Waals surface area contributed by atoms with Gasteiger partial charge in [-0.3, -0.25) is 4.90 Å². The Morgan fingerprint density at radius 3 is 3.42 bits per heavy atom. The van der Waals surface area contributed by atoms with Gasteiger partial charge in [-0.15, -0.1) is 11.3 Å². The van der Waals surface area contributed by atoms with Gasteiger partial charge in [0.25, 0.3) is 0 Å². The van der Waals surface area contributed by atoms with Gasteiger partial charge in [0.2, 0.25) is 0 Å². The summed E-state index contributed by atoms with van der Waals surface area (Å²) in [5, 5.41) is 0. The standard InChI is InChI=1S/C8H11FN2S/c1-11-3-2-7-8(6(11)4-9)10-5-12-7/h5-6H,2-4H2,1H3. The van der Waals surface area contributed by atoms with Crippen LogP contribution in [0, 0.1) is 0 Å². The Kier molecular flexibility index (Phi) is 2.11. The zero-order valence-corrected chi connectivity index (χ0v) is 7.77. The number of halogens is 1. The lowest BCUT2D eigenvalue weighted by molar-refractivity contribution is 0.189. The van der Waals surface area contributed by atoms with Crippen molar-refractivity contribution in [3.63, 3.8) is 0 Å². The number of hydrogen-bond donors (Lipinski definition) is 0. The summed E-state index contributed by atoms with van der Waals surface area (Å²) in [6.45, 7) is 0.622. The summed E-state index contributed by atoms with van der Waals surface area (Å²) >= 11 is 1.64. The highest BCUT2D eigenvalue weighted by molar-refractivity contribution is 7.09. The van der Waals surface area contributed by atoms with Gasteiger partial charge in [0, 0.05) is 11.4 Å². The zero-order chi connectivity index (χ0) is 8.55. The number of thiazole rings is 1. The molecule has 1 aromatic heterocycles. The number of rotatable bonds is 1. The van der Waals surface area contributed by atoms with Crippen LogP contribution in [0.5, 0.6) is 0 Å². The van der Waals surface area contributed by atoms with Crippen LogP contribution in [0.3, 0.4) is 0 Å². The molecule has 1 aromatic rings. The van der Waals surface area contributed by atoms with Crippen molar-refractivity contribution >= 4 is 11.3 Å². The van der Waals surface area contributed by atoms with E-state index in [4.69, 9.17) is 0 Å². The minimum absolute atomic E-state index is 0.0972. The molecule has 0 spiro atoms. The summed E-state index contributed by atoms with van der Waals surface area (Å²) < 4.78 is 12.6. The highest BCUT2D eigenvalue weighted by atomic mass is 32.1. The predicted molar refractivity (Wildman–Crippen MR) is 47.2 cm³/mol. The highest BCUT2D eigenvalue weighted by Gasteiger charge is 2.26. The van der Waals surface area contributed by atoms with Crippen molar-refractivity contribution in [1.82, 2.24) is 9.88 Å². The molecule has 0 amide bonds. The van der Waals surface area contributed by atoms with E-state index in [1.807, 2.05) is 17.5 Å². The first-order valence-corrected chi connectivity index (χ1v) is 4.89. The molecule has 0 radical (unpaired) electrons. The minimum atomic E-state index is -0.326. The van der Waals surface area contributed by atoms with Crippen LogP contribution in [0.4, 0.5) is 4.39 Å². The molecule has 1 aliphatic rings. The van der Waals surface area contributed by atoms with E-state index in [1.165, 1.54) is 4.88 Å². The van der Waals surface area contributed by atoms with Crippen LogP contribution in [0.15, 0.2) is 5.51 Å².